The standard InChI is InChI=1S/C15H15NO5/c1-19-12-7-10(8-13(20-2)14(12)21-3)11-6-9(15(17)18)4-5-16-11/h4-8H,1-3H3,(H,17,18)/p-1. The molecule has 0 atom stereocenters. The quantitative estimate of drug-likeness (QED) is 0.820. The maximum absolute atomic E-state index is 10.9. The van der Waals surface area contributed by atoms with Crippen molar-refractivity contribution < 1.29 is 24.1 Å². The molecule has 6 nitrogen and oxygen atoms in total. The number of hydrogen-bond acceptors (Lipinski definition) is 6. The third-order valence-corrected chi connectivity index (χ3v) is 2.96. The molecule has 0 fully saturated rings. The van der Waals surface area contributed by atoms with Crippen molar-refractivity contribution in [1.82, 2.24) is 4.98 Å². The third-order valence-electron chi connectivity index (χ3n) is 2.96. The predicted octanol–water partition coefficient (Wildman–Crippen LogP) is 1.14. The van der Waals surface area contributed by atoms with Crippen LogP contribution >= 0.6 is 0 Å². The number of pyridine rings is 1. The monoisotopic (exact) mass is 288 g/mol. The maximum Gasteiger partial charge on any atom is 0.203 e. The minimum absolute atomic E-state index is 0.0498. The molecule has 0 aliphatic heterocycles. The first-order valence-corrected chi connectivity index (χ1v) is 6.08. The number of carbonyl (C=O) groups is 1. The average molecular weight is 288 g/mol. The second-order valence-electron chi connectivity index (χ2n) is 4.13. The van der Waals surface area contributed by atoms with E-state index in [1.807, 2.05) is 0 Å². The first kappa shape index (κ1) is 14.6. The number of carbonyl (C=O) groups excluding carboxylic acids is 1. The highest BCUT2D eigenvalue weighted by molar-refractivity contribution is 5.87. The number of nitrogens with zero attached hydrogens (tertiary/aromatic N) is 1. The Labute approximate surface area is 121 Å². The lowest BCUT2D eigenvalue weighted by Gasteiger charge is -2.14. The Morgan fingerprint density at radius 2 is 1.67 bits per heavy atom. The highest BCUT2D eigenvalue weighted by Gasteiger charge is 2.14. The largest absolute Gasteiger partial charge is 0.545 e. The Morgan fingerprint density at radius 1 is 1.05 bits per heavy atom. The number of rotatable bonds is 5. The molecule has 0 amide bonds. The molecule has 0 spiro atoms. The van der Waals surface area contributed by atoms with Gasteiger partial charge in [0.1, 0.15) is 0 Å². The highest BCUT2D eigenvalue weighted by atomic mass is 16.5. The summed E-state index contributed by atoms with van der Waals surface area (Å²) < 4.78 is 15.8. The fourth-order valence-electron chi connectivity index (χ4n) is 1.94. The van der Waals surface area contributed by atoms with E-state index in [1.165, 1.54) is 39.7 Å². The second kappa shape index (κ2) is 6.13. The zero-order valence-corrected chi connectivity index (χ0v) is 11.9. The summed E-state index contributed by atoms with van der Waals surface area (Å²) in [6.07, 6.45) is 1.41. The van der Waals surface area contributed by atoms with Crippen molar-refractivity contribution in [3.63, 3.8) is 0 Å². The Kier molecular flexibility index (Phi) is 4.27. The van der Waals surface area contributed by atoms with E-state index in [9.17, 15) is 9.90 Å². The van der Waals surface area contributed by atoms with Crippen molar-refractivity contribution in [1.29, 1.82) is 0 Å². The van der Waals surface area contributed by atoms with E-state index in [2.05, 4.69) is 4.98 Å². The van der Waals surface area contributed by atoms with Gasteiger partial charge < -0.3 is 24.1 Å². The molecule has 0 saturated heterocycles. The van der Waals surface area contributed by atoms with Crippen LogP contribution < -0.4 is 19.3 Å². The number of hydrogen-bond donors (Lipinski definition) is 0. The highest BCUT2D eigenvalue weighted by Crippen LogP contribution is 2.40. The van der Waals surface area contributed by atoms with Crippen LogP contribution in [0.15, 0.2) is 30.5 Å². The van der Waals surface area contributed by atoms with Crippen LogP contribution in [0.1, 0.15) is 10.4 Å². The van der Waals surface area contributed by atoms with Crippen molar-refractivity contribution in [3.8, 4) is 28.5 Å². The van der Waals surface area contributed by atoms with Crippen LogP contribution in [0.5, 0.6) is 17.2 Å². The van der Waals surface area contributed by atoms with Crippen LogP contribution in [0.25, 0.3) is 11.3 Å². The van der Waals surface area contributed by atoms with Gasteiger partial charge in [0.25, 0.3) is 0 Å². The van der Waals surface area contributed by atoms with Gasteiger partial charge in [-0.15, -0.1) is 0 Å². The zero-order valence-electron chi connectivity index (χ0n) is 11.9. The Hall–Kier alpha value is -2.76. The van der Waals surface area contributed by atoms with E-state index >= 15 is 0 Å². The molecule has 110 valence electrons. The third kappa shape index (κ3) is 2.89. The number of carboxylic acids is 1. The molecule has 1 aromatic carbocycles. The zero-order chi connectivity index (χ0) is 15.4. The number of ether oxygens (including phenoxy) is 3. The molecule has 0 aliphatic rings. The molecule has 21 heavy (non-hydrogen) atoms. The van der Waals surface area contributed by atoms with Crippen LogP contribution in [-0.4, -0.2) is 32.3 Å². The molecule has 2 rings (SSSR count). The SMILES string of the molecule is COc1cc(-c2cc(C(=O)[O-])ccn2)cc(OC)c1OC. The van der Waals surface area contributed by atoms with Crippen molar-refractivity contribution in [2.24, 2.45) is 0 Å². The molecule has 0 aliphatic carbocycles. The van der Waals surface area contributed by atoms with Crippen molar-refractivity contribution >= 4 is 5.97 Å². The van der Waals surface area contributed by atoms with Gasteiger partial charge in [-0.2, -0.15) is 0 Å². The maximum atomic E-state index is 10.9. The van der Waals surface area contributed by atoms with Gasteiger partial charge in [-0.3, -0.25) is 4.98 Å². The predicted molar refractivity (Wildman–Crippen MR) is 73.7 cm³/mol. The smallest absolute Gasteiger partial charge is 0.203 e. The van der Waals surface area contributed by atoms with Gasteiger partial charge in [0.2, 0.25) is 5.75 Å². The number of methoxy groups -OCH3 is 3. The summed E-state index contributed by atoms with van der Waals surface area (Å²) in [7, 11) is 4.52. The van der Waals surface area contributed by atoms with Crippen molar-refractivity contribution in [2.45, 2.75) is 0 Å². The molecule has 0 bridgehead atoms. The number of aromatic carboxylic acids is 1. The van der Waals surface area contributed by atoms with Gasteiger partial charge in [-0.25, -0.2) is 0 Å². The molecule has 0 N–H and O–H groups in total. The summed E-state index contributed by atoms with van der Waals surface area (Å²) in [5, 5.41) is 10.9. The van der Waals surface area contributed by atoms with E-state index in [-0.39, 0.29) is 5.56 Å². The lowest BCUT2D eigenvalue weighted by Crippen LogP contribution is -2.22. The van der Waals surface area contributed by atoms with Crippen LogP contribution in [0, 0.1) is 0 Å². The van der Waals surface area contributed by atoms with Crippen LogP contribution in [0.2, 0.25) is 0 Å². The summed E-state index contributed by atoms with van der Waals surface area (Å²) >= 11 is 0. The second-order valence-corrected chi connectivity index (χ2v) is 4.13. The molecule has 0 radical (unpaired) electrons. The molecule has 1 heterocycles. The van der Waals surface area contributed by atoms with Crippen LogP contribution in [0.3, 0.4) is 0 Å². The summed E-state index contributed by atoms with van der Waals surface area (Å²) in [5.74, 6) is 0.130. The van der Waals surface area contributed by atoms with E-state index in [4.69, 9.17) is 14.2 Å². The fraction of sp³-hybridized carbons (Fsp3) is 0.200. The summed E-state index contributed by atoms with van der Waals surface area (Å²) in [5.41, 5.74) is 1.16. The molecule has 0 saturated carbocycles. The topological polar surface area (TPSA) is 80.7 Å². The molecule has 2 aromatic rings. The molecule has 0 unspecified atom stereocenters. The number of aromatic nitrogens is 1. The van der Waals surface area contributed by atoms with Gasteiger partial charge >= 0.3 is 0 Å². The van der Waals surface area contributed by atoms with Crippen LogP contribution in [-0.2, 0) is 0 Å². The average Bonchev–Trinajstić information content (AvgIpc) is 2.53. The molecular weight excluding hydrogens is 274 g/mol. The van der Waals surface area contributed by atoms with Gasteiger partial charge in [0, 0.05) is 17.3 Å². The Bertz CT molecular complexity index is 644. The number of benzene rings is 1. The fourth-order valence-corrected chi connectivity index (χ4v) is 1.94. The summed E-state index contributed by atoms with van der Waals surface area (Å²) in [6, 6.07) is 6.19. The number of carboxylic acid groups (broad SMARTS) is 1. The lowest BCUT2D eigenvalue weighted by atomic mass is 10.1. The first-order valence-electron chi connectivity index (χ1n) is 6.08. The summed E-state index contributed by atoms with van der Waals surface area (Å²) in [4.78, 5) is 15.1. The first-order chi connectivity index (χ1) is 10.1. The van der Waals surface area contributed by atoms with Crippen LogP contribution in [0.4, 0.5) is 0 Å². The van der Waals surface area contributed by atoms with E-state index in [0.717, 1.165) is 0 Å². The van der Waals surface area contributed by atoms with Gasteiger partial charge in [0.15, 0.2) is 11.5 Å². The Morgan fingerprint density at radius 3 is 2.14 bits per heavy atom. The van der Waals surface area contributed by atoms with Gasteiger partial charge in [-0.05, 0) is 24.3 Å². The Balaban J connectivity index is 2.58. The van der Waals surface area contributed by atoms with Gasteiger partial charge in [0.05, 0.1) is 33.0 Å². The molecule has 6 heteroatoms. The van der Waals surface area contributed by atoms with E-state index in [1.54, 1.807) is 12.1 Å². The minimum atomic E-state index is -1.26. The molecular formula is C15H14NO5-. The lowest BCUT2D eigenvalue weighted by molar-refractivity contribution is -0.255. The van der Waals surface area contributed by atoms with Crippen molar-refractivity contribution in [2.75, 3.05) is 21.3 Å². The normalized spacial score (nSPS) is 10.0. The summed E-state index contributed by atoms with van der Waals surface area (Å²) in [6.45, 7) is 0. The molecule has 1 aromatic heterocycles. The minimum Gasteiger partial charge on any atom is -0.545 e. The van der Waals surface area contributed by atoms with Gasteiger partial charge in [-0.1, -0.05) is 0 Å². The van der Waals surface area contributed by atoms with Crippen molar-refractivity contribution in [3.05, 3.63) is 36.0 Å². The van der Waals surface area contributed by atoms with E-state index < -0.39 is 5.97 Å². The van der Waals surface area contributed by atoms with E-state index in [0.29, 0.717) is 28.5 Å².